The highest BCUT2D eigenvalue weighted by Gasteiger charge is 2.16. The first-order valence-corrected chi connectivity index (χ1v) is 7.69. The maximum Gasteiger partial charge on any atom is 0.0937 e. The summed E-state index contributed by atoms with van der Waals surface area (Å²) in [6.45, 7) is 3.03. The smallest absolute Gasteiger partial charge is 0.0937 e. The zero-order valence-corrected chi connectivity index (χ0v) is 11.7. The van der Waals surface area contributed by atoms with E-state index in [4.69, 9.17) is 0 Å². The number of hydrogen-bond donors (Lipinski definition) is 2. The van der Waals surface area contributed by atoms with Crippen LogP contribution in [0.5, 0.6) is 0 Å². The van der Waals surface area contributed by atoms with Gasteiger partial charge in [-0.15, -0.1) is 11.3 Å². The van der Waals surface area contributed by atoms with Crippen LogP contribution in [-0.4, -0.2) is 24.1 Å². The van der Waals surface area contributed by atoms with E-state index >= 15 is 0 Å². The normalized spacial score (nSPS) is 18.2. The molecule has 3 rings (SSSR count). The molecule has 2 aromatic rings. The molecule has 2 N–H and O–H groups in total. The van der Waals surface area contributed by atoms with E-state index < -0.39 is 0 Å². The van der Waals surface area contributed by atoms with Crippen molar-refractivity contribution in [2.45, 2.75) is 25.4 Å². The topological polar surface area (TPSA) is 37.0 Å². The van der Waals surface area contributed by atoms with Crippen molar-refractivity contribution in [1.82, 2.24) is 15.6 Å². The zero-order chi connectivity index (χ0) is 12.9. The fourth-order valence-corrected chi connectivity index (χ4v) is 3.13. The van der Waals surface area contributed by atoms with E-state index in [0.29, 0.717) is 6.04 Å². The summed E-state index contributed by atoms with van der Waals surface area (Å²) in [5.74, 6) is 0. The number of aromatic nitrogens is 1. The van der Waals surface area contributed by atoms with Gasteiger partial charge < -0.3 is 10.6 Å². The predicted octanol–water partition coefficient (Wildman–Crippen LogP) is 1.99. The highest BCUT2D eigenvalue weighted by molar-refractivity contribution is 7.09. The summed E-state index contributed by atoms with van der Waals surface area (Å²) in [5, 5.41) is 10.4. The Morgan fingerprint density at radius 2 is 2.21 bits per heavy atom. The van der Waals surface area contributed by atoms with Crippen LogP contribution in [0.4, 0.5) is 0 Å². The van der Waals surface area contributed by atoms with Crippen molar-refractivity contribution in [3.05, 3.63) is 52.0 Å². The van der Waals surface area contributed by atoms with Crippen LogP contribution >= 0.6 is 11.3 Å². The molecule has 0 aliphatic carbocycles. The van der Waals surface area contributed by atoms with Crippen LogP contribution in [0.1, 0.15) is 16.1 Å². The van der Waals surface area contributed by atoms with Crippen LogP contribution < -0.4 is 10.6 Å². The molecule has 1 atom stereocenters. The lowest BCUT2D eigenvalue weighted by atomic mass is 9.96. The van der Waals surface area contributed by atoms with Gasteiger partial charge in [-0.3, -0.25) is 0 Å². The number of nitrogens with one attached hydrogen (secondary N) is 2. The number of nitrogens with zero attached hydrogens (tertiary/aromatic N) is 1. The number of thiazole rings is 1. The Hall–Kier alpha value is -1.23. The Morgan fingerprint density at radius 1 is 1.32 bits per heavy atom. The first-order valence-electron chi connectivity index (χ1n) is 6.81. The molecule has 1 aliphatic rings. The van der Waals surface area contributed by atoms with E-state index in [1.54, 1.807) is 11.3 Å². The molecule has 1 aromatic heterocycles. The molecule has 4 heteroatoms. The summed E-state index contributed by atoms with van der Waals surface area (Å²) < 4.78 is 0. The van der Waals surface area contributed by atoms with Gasteiger partial charge in [0.15, 0.2) is 0 Å². The van der Waals surface area contributed by atoms with Gasteiger partial charge >= 0.3 is 0 Å². The van der Waals surface area contributed by atoms with E-state index in [1.165, 1.54) is 16.1 Å². The molecule has 1 unspecified atom stereocenters. The maximum absolute atomic E-state index is 4.29. The summed E-state index contributed by atoms with van der Waals surface area (Å²) in [6.07, 6.45) is 4.03. The second-order valence-electron chi connectivity index (χ2n) is 4.93. The van der Waals surface area contributed by atoms with Gasteiger partial charge in [0.2, 0.25) is 0 Å². The number of rotatable bonds is 5. The molecular formula is C15H19N3S. The standard InChI is InChI=1S/C15H19N3S/c1-2-4-13-10-18-14(9-12(13)3-1)11-16-6-5-15-17-7-8-19-15/h1-4,7-8,14,16,18H,5-6,9-11H2. The maximum atomic E-state index is 4.29. The summed E-state index contributed by atoms with van der Waals surface area (Å²) >= 11 is 1.73. The van der Waals surface area contributed by atoms with Crippen LogP contribution in [0.3, 0.4) is 0 Å². The second-order valence-corrected chi connectivity index (χ2v) is 5.91. The molecule has 0 radical (unpaired) electrons. The van der Waals surface area contributed by atoms with Gasteiger partial charge in [-0.25, -0.2) is 4.98 Å². The molecule has 2 heterocycles. The van der Waals surface area contributed by atoms with Crippen LogP contribution in [0.25, 0.3) is 0 Å². The average molecular weight is 273 g/mol. The SMILES string of the molecule is c1ccc2c(c1)CNC(CNCCc1nccs1)C2. The average Bonchev–Trinajstić information content (AvgIpc) is 2.97. The first kappa shape index (κ1) is 12.8. The van der Waals surface area contributed by atoms with E-state index in [-0.39, 0.29) is 0 Å². The predicted molar refractivity (Wildman–Crippen MR) is 79.5 cm³/mol. The molecule has 0 bridgehead atoms. The lowest BCUT2D eigenvalue weighted by Gasteiger charge is -2.26. The Kier molecular flexibility index (Phi) is 4.23. The number of fused-ring (bicyclic) bond motifs is 1. The van der Waals surface area contributed by atoms with Gasteiger partial charge in [0.1, 0.15) is 0 Å². The number of hydrogen-bond acceptors (Lipinski definition) is 4. The molecule has 19 heavy (non-hydrogen) atoms. The molecule has 0 saturated carbocycles. The first-order chi connectivity index (χ1) is 9.42. The minimum atomic E-state index is 0.547. The van der Waals surface area contributed by atoms with Crippen molar-refractivity contribution >= 4 is 11.3 Å². The summed E-state index contributed by atoms with van der Waals surface area (Å²) in [4.78, 5) is 4.29. The van der Waals surface area contributed by atoms with Crippen molar-refractivity contribution in [2.24, 2.45) is 0 Å². The Balaban J connectivity index is 1.42. The van der Waals surface area contributed by atoms with Gasteiger partial charge in [-0.2, -0.15) is 0 Å². The molecular weight excluding hydrogens is 254 g/mol. The fourth-order valence-electron chi connectivity index (χ4n) is 2.51. The molecule has 100 valence electrons. The Morgan fingerprint density at radius 3 is 3.05 bits per heavy atom. The quantitative estimate of drug-likeness (QED) is 0.818. The van der Waals surface area contributed by atoms with E-state index in [0.717, 1.165) is 32.5 Å². The summed E-state index contributed by atoms with van der Waals surface area (Å²) in [6, 6.07) is 9.27. The van der Waals surface area contributed by atoms with Gasteiger partial charge in [0.25, 0.3) is 0 Å². The zero-order valence-electron chi connectivity index (χ0n) is 10.9. The van der Waals surface area contributed by atoms with Crippen molar-refractivity contribution in [2.75, 3.05) is 13.1 Å². The third-order valence-corrected chi connectivity index (χ3v) is 4.40. The molecule has 0 fully saturated rings. The van der Waals surface area contributed by atoms with Gasteiger partial charge in [0, 0.05) is 43.7 Å². The Labute approximate surface area is 118 Å². The van der Waals surface area contributed by atoms with Crippen molar-refractivity contribution in [3.63, 3.8) is 0 Å². The largest absolute Gasteiger partial charge is 0.315 e. The minimum Gasteiger partial charge on any atom is -0.315 e. The third kappa shape index (κ3) is 3.41. The molecule has 1 aliphatic heterocycles. The molecule has 0 amide bonds. The molecule has 3 nitrogen and oxygen atoms in total. The van der Waals surface area contributed by atoms with Crippen LogP contribution in [0.2, 0.25) is 0 Å². The van der Waals surface area contributed by atoms with Crippen LogP contribution in [0.15, 0.2) is 35.8 Å². The van der Waals surface area contributed by atoms with Gasteiger partial charge in [-0.05, 0) is 17.5 Å². The fraction of sp³-hybridized carbons (Fsp3) is 0.400. The van der Waals surface area contributed by atoms with E-state index in [1.807, 2.05) is 11.6 Å². The third-order valence-electron chi connectivity index (χ3n) is 3.56. The lowest BCUT2D eigenvalue weighted by molar-refractivity contribution is 0.449. The van der Waals surface area contributed by atoms with Crippen LogP contribution in [0, 0.1) is 0 Å². The Bertz CT molecular complexity index is 510. The molecule has 1 aromatic carbocycles. The minimum absolute atomic E-state index is 0.547. The van der Waals surface area contributed by atoms with Gasteiger partial charge in [0.05, 0.1) is 5.01 Å². The summed E-state index contributed by atoms with van der Waals surface area (Å²) in [5.41, 5.74) is 2.94. The highest BCUT2D eigenvalue weighted by atomic mass is 32.1. The monoisotopic (exact) mass is 273 g/mol. The van der Waals surface area contributed by atoms with E-state index in [9.17, 15) is 0 Å². The number of benzene rings is 1. The highest BCUT2D eigenvalue weighted by Crippen LogP contribution is 2.15. The second kappa shape index (κ2) is 6.28. The molecule has 0 spiro atoms. The van der Waals surface area contributed by atoms with Crippen molar-refractivity contribution in [3.8, 4) is 0 Å². The van der Waals surface area contributed by atoms with Crippen molar-refractivity contribution in [1.29, 1.82) is 0 Å². The van der Waals surface area contributed by atoms with Gasteiger partial charge in [-0.1, -0.05) is 24.3 Å². The molecule has 0 saturated heterocycles. The van der Waals surface area contributed by atoms with Crippen molar-refractivity contribution < 1.29 is 0 Å². The summed E-state index contributed by atoms with van der Waals surface area (Å²) in [7, 11) is 0. The lowest BCUT2D eigenvalue weighted by Crippen LogP contribution is -2.43. The van der Waals surface area contributed by atoms with E-state index in [2.05, 4.69) is 39.9 Å². The van der Waals surface area contributed by atoms with Crippen LogP contribution in [-0.2, 0) is 19.4 Å².